The van der Waals surface area contributed by atoms with Gasteiger partial charge in [0.05, 0.1) is 6.61 Å². The molecule has 0 bridgehead atoms. The van der Waals surface area contributed by atoms with E-state index in [0.29, 0.717) is 5.76 Å². The predicted molar refractivity (Wildman–Crippen MR) is 73.5 cm³/mol. The van der Waals surface area contributed by atoms with Gasteiger partial charge in [0.2, 0.25) is 0 Å². The fourth-order valence-corrected chi connectivity index (χ4v) is 1.93. The summed E-state index contributed by atoms with van der Waals surface area (Å²) in [6, 6.07) is 1.64. The predicted octanol–water partition coefficient (Wildman–Crippen LogP) is 3.11. The summed E-state index contributed by atoms with van der Waals surface area (Å²) in [7, 11) is 0. The van der Waals surface area contributed by atoms with E-state index in [1.165, 1.54) is 0 Å². The van der Waals surface area contributed by atoms with E-state index in [1.807, 2.05) is 0 Å². The van der Waals surface area contributed by atoms with E-state index < -0.39 is 11.6 Å². The van der Waals surface area contributed by atoms with Crippen molar-refractivity contribution in [3.05, 3.63) is 33.4 Å². The van der Waals surface area contributed by atoms with E-state index in [-0.39, 0.29) is 12.2 Å². The lowest BCUT2D eigenvalue weighted by molar-refractivity contribution is 0.0520. The summed E-state index contributed by atoms with van der Waals surface area (Å²) in [5.74, 6) is 0.109. The number of carbonyl (C=O) groups excluding carboxylic acids is 1. The first kappa shape index (κ1) is 15.5. The molecule has 106 valence electrons. The van der Waals surface area contributed by atoms with Crippen molar-refractivity contribution in [1.29, 1.82) is 0 Å². The lowest BCUT2D eigenvalue weighted by atomic mass is 10.0. The Hall–Kier alpha value is -1.58. The van der Waals surface area contributed by atoms with Crippen molar-refractivity contribution in [3.63, 3.8) is 0 Å². The van der Waals surface area contributed by atoms with Gasteiger partial charge in [0.15, 0.2) is 0 Å². The Morgan fingerprint density at radius 1 is 1.21 bits per heavy atom. The smallest absolute Gasteiger partial charge is 0.350 e. The number of aryl methyl sites for hydroxylation is 2. The van der Waals surface area contributed by atoms with Gasteiger partial charge < -0.3 is 9.15 Å². The molecule has 4 nitrogen and oxygen atoms in total. The molecule has 0 fully saturated rings. The highest BCUT2D eigenvalue weighted by Crippen LogP contribution is 2.14. The molecule has 1 rings (SSSR count). The summed E-state index contributed by atoms with van der Waals surface area (Å²) in [4.78, 5) is 23.5. The number of hydrogen-bond donors (Lipinski definition) is 0. The molecule has 0 amide bonds. The average molecular weight is 266 g/mol. The van der Waals surface area contributed by atoms with Gasteiger partial charge >= 0.3 is 11.6 Å². The summed E-state index contributed by atoms with van der Waals surface area (Å²) in [6.45, 7) is 6.10. The van der Waals surface area contributed by atoms with Crippen molar-refractivity contribution in [2.24, 2.45) is 0 Å². The summed E-state index contributed by atoms with van der Waals surface area (Å²) in [6.07, 6.45) is 4.49. The molecule has 0 aromatic carbocycles. The summed E-state index contributed by atoms with van der Waals surface area (Å²) in [5.41, 5.74) is 0.355. The Balaban J connectivity index is 3.12. The zero-order valence-corrected chi connectivity index (χ0v) is 12.0. The third-order valence-electron chi connectivity index (χ3n) is 2.88. The first-order valence-corrected chi connectivity index (χ1v) is 6.97. The molecule has 0 aliphatic heterocycles. The van der Waals surface area contributed by atoms with Crippen LogP contribution in [0.2, 0.25) is 0 Å². The number of unbranched alkanes of at least 4 members (excludes halogenated alkanes) is 1. The van der Waals surface area contributed by atoms with Crippen LogP contribution in [0.25, 0.3) is 0 Å². The molecular formula is C15H22O4. The SMILES string of the molecule is CCCCc1oc(=O)c(C(=O)OCC)cc1CCC. The van der Waals surface area contributed by atoms with Crippen molar-refractivity contribution in [1.82, 2.24) is 0 Å². The summed E-state index contributed by atoms with van der Waals surface area (Å²) < 4.78 is 10.2. The highest BCUT2D eigenvalue weighted by molar-refractivity contribution is 5.89. The molecule has 0 N–H and O–H groups in total. The molecule has 0 atom stereocenters. The minimum Gasteiger partial charge on any atom is -0.462 e. The van der Waals surface area contributed by atoms with Crippen LogP contribution in [0.1, 0.15) is 61.7 Å². The quantitative estimate of drug-likeness (QED) is 0.711. The number of hydrogen-bond acceptors (Lipinski definition) is 4. The largest absolute Gasteiger partial charge is 0.462 e. The van der Waals surface area contributed by atoms with E-state index in [9.17, 15) is 9.59 Å². The highest BCUT2D eigenvalue weighted by atomic mass is 16.5. The molecule has 0 unspecified atom stereocenters. The standard InChI is InChI=1S/C15H22O4/c1-4-7-9-13-11(8-5-2)10-12(15(17)19-13)14(16)18-6-3/h10H,4-9H2,1-3H3. The maximum atomic E-state index is 11.8. The molecule has 0 saturated heterocycles. The van der Waals surface area contributed by atoms with Crippen LogP contribution < -0.4 is 5.63 Å². The summed E-state index contributed by atoms with van der Waals surface area (Å²) >= 11 is 0. The molecule has 0 saturated carbocycles. The van der Waals surface area contributed by atoms with Crippen LogP contribution in [-0.4, -0.2) is 12.6 Å². The van der Waals surface area contributed by atoms with E-state index in [2.05, 4.69) is 13.8 Å². The monoisotopic (exact) mass is 266 g/mol. The maximum absolute atomic E-state index is 11.8. The second-order valence-corrected chi connectivity index (χ2v) is 4.47. The average Bonchev–Trinajstić information content (AvgIpc) is 2.39. The van der Waals surface area contributed by atoms with Crippen LogP contribution in [0.15, 0.2) is 15.3 Å². The number of rotatable bonds is 7. The van der Waals surface area contributed by atoms with Crippen molar-refractivity contribution in [2.45, 2.75) is 52.9 Å². The minimum absolute atomic E-state index is 0.00514. The fourth-order valence-electron chi connectivity index (χ4n) is 1.93. The Labute approximate surface area is 113 Å². The number of ether oxygens (including phenoxy) is 1. The second kappa shape index (κ2) is 7.77. The Morgan fingerprint density at radius 3 is 2.53 bits per heavy atom. The van der Waals surface area contributed by atoms with Crippen LogP contribution in [0, 0.1) is 0 Å². The Morgan fingerprint density at radius 2 is 1.95 bits per heavy atom. The molecule has 1 aromatic heterocycles. The van der Waals surface area contributed by atoms with Gasteiger partial charge in [-0.3, -0.25) is 0 Å². The second-order valence-electron chi connectivity index (χ2n) is 4.47. The zero-order chi connectivity index (χ0) is 14.3. The molecule has 1 heterocycles. The van der Waals surface area contributed by atoms with Crippen molar-refractivity contribution in [3.8, 4) is 0 Å². The third kappa shape index (κ3) is 4.23. The topological polar surface area (TPSA) is 56.5 Å². The molecule has 0 aliphatic carbocycles. The van der Waals surface area contributed by atoms with E-state index in [1.54, 1.807) is 13.0 Å². The molecule has 4 heteroatoms. The molecule has 0 aliphatic rings. The lowest BCUT2D eigenvalue weighted by Gasteiger charge is -2.08. The number of esters is 1. The van der Waals surface area contributed by atoms with Crippen LogP contribution in [0.4, 0.5) is 0 Å². The lowest BCUT2D eigenvalue weighted by Crippen LogP contribution is -2.18. The molecule has 0 spiro atoms. The third-order valence-corrected chi connectivity index (χ3v) is 2.88. The van der Waals surface area contributed by atoms with Gasteiger partial charge in [0.1, 0.15) is 11.3 Å². The van der Waals surface area contributed by atoms with Gasteiger partial charge in [-0.25, -0.2) is 9.59 Å². The Kier molecular flexibility index (Phi) is 6.33. The molecular weight excluding hydrogens is 244 g/mol. The van der Waals surface area contributed by atoms with Gasteiger partial charge in [-0.1, -0.05) is 26.7 Å². The van der Waals surface area contributed by atoms with Gasteiger partial charge in [0.25, 0.3) is 0 Å². The normalized spacial score (nSPS) is 10.5. The molecule has 0 radical (unpaired) electrons. The van der Waals surface area contributed by atoms with Crippen LogP contribution in [0.5, 0.6) is 0 Å². The van der Waals surface area contributed by atoms with Crippen LogP contribution in [0.3, 0.4) is 0 Å². The van der Waals surface area contributed by atoms with E-state index in [4.69, 9.17) is 9.15 Å². The van der Waals surface area contributed by atoms with E-state index in [0.717, 1.165) is 37.7 Å². The Bertz CT molecular complexity index is 474. The molecule has 19 heavy (non-hydrogen) atoms. The van der Waals surface area contributed by atoms with Crippen molar-refractivity contribution >= 4 is 5.97 Å². The summed E-state index contributed by atoms with van der Waals surface area (Å²) in [5, 5.41) is 0. The number of carbonyl (C=O) groups is 1. The zero-order valence-electron chi connectivity index (χ0n) is 12.0. The molecule has 1 aromatic rings. The fraction of sp³-hybridized carbons (Fsp3) is 0.600. The van der Waals surface area contributed by atoms with Crippen molar-refractivity contribution in [2.75, 3.05) is 6.61 Å². The highest BCUT2D eigenvalue weighted by Gasteiger charge is 2.17. The van der Waals surface area contributed by atoms with Crippen molar-refractivity contribution < 1.29 is 13.9 Å². The van der Waals surface area contributed by atoms with Gasteiger partial charge in [-0.2, -0.15) is 0 Å². The maximum Gasteiger partial charge on any atom is 0.350 e. The van der Waals surface area contributed by atoms with Crippen LogP contribution >= 0.6 is 0 Å². The first-order chi connectivity index (χ1) is 9.13. The van der Waals surface area contributed by atoms with Gasteiger partial charge in [-0.05, 0) is 31.4 Å². The minimum atomic E-state index is -0.601. The van der Waals surface area contributed by atoms with Crippen LogP contribution in [-0.2, 0) is 17.6 Å². The van der Waals surface area contributed by atoms with E-state index >= 15 is 0 Å². The first-order valence-electron chi connectivity index (χ1n) is 6.97. The van der Waals surface area contributed by atoms with Gasteiger partial charge in [-0.15, -0.1) is 0 Å². The van der Waals surface area contributed by atoms with Gasteiger partial charge in [0, 0.05) is 6.42 Å².